The van der Waals surface area contributed by atoms with Gasteiger partial charge in [0.2, 0.25) is 0 Å². The van der Waals surface area contributed by atoms with Gasteiger partial charge < -0.3 is 10.6 Å². The maximum atomic E-state index is 5.82. The molecule has 15 heavy (non-hydrogen) atoms. The molecule has 0 amide bonds. The Bertz CT molecular complexity index is 328. The molecular weight excluding hydrogens is 188 g/mol. The van der Waals surface area contributed by atoms with Gasteiger partial charge in [0.05, 0.1) is 5.69 Å². The van der Waals surface area contributed by atoms with Gasteiger partial charge in [0.1, 0.15) is 5.82 Å². The molecule has 0 saturated carbocycles. The average molecular weight is 208 g/mol. The summed E-state index contributed by atoms with van der Waals surface area (Å²) in [6.07, 6.45) is 2.33. The summed E-state index contributed by atoms with van der Waals surface area (Å²) in [6, 6.07) is 2.02. The predicted molar refractivity (Wildman–Crippen MR) is 61.7 cm³/mol. The van der Waals surface area contributed by atoms with Crippen LogP contribution in [-0.4, -0.2) is 34.8 Å². The molecule has 0 aliphatic carbocycles. The zero-order valence-corrected chi connectivity index (χ0v) is 9.82. The number of hydrogen-bond donors (Lipinski definition) is 1. The molecule has 0 aromatic carbocycles. The summed E-state index contributed by atoms with van der Waals surface area (Å²) in [4.78, 5) is 2.37. The van der Waals surface area contributed by atoms with Gasteiger partial charge in [-0.15, -0.1) is 0 Å². The summed E-state index contributed by atoms with van der Waals surface area (Å²) < 4.78 is 1.76. The Morgan fingerprint density at radius 1 is 1.33 bits per heavy atom. The molecule has 0 spiro atoms. The van der Waals surface area contributed by atoms with Crippen molar-refractivity contribution in [3.63, 3.8) is 0 Å². The number of hydrogen-bond acceptors (Lipinski definition) is 3. The van der Waals surface area contributed by atoms with Gasteiger partial charge in [0.25, 0.3) is 0 Å². The predicted octanol–water partition coefficient (Wildman–Crippen LogP) is 0.986. The molecule has 0 unspecified atom stereocenters. The third-order valence-corrected chi connectivity index (χ3v) is 3.62. The van der Waals surface area contributed by atoms with Gasteiger partial charge in [-0.25, -0.2) is 0 Å². The van der Waals surface area contributed by atoms with Crippen LogP contribution in [0.5, 0.6) is 0 Å². The van der Waals surface area contributed by atoms with Crippen molar-refractivity contribution in [2.24, 2.45) is 7.05 Å². The minimum Gasteiger partial charge on any atom is -0.384 e. The van der Waals surface area contributed by atoms with E-state index in [4.69, 9.17) is 5.73 Å². The van der Waals surface area contributed by atoms with Gasteiger partial charge >= 0.3 is 0 Å². The fraction of sp³-hybridized carbons (Fsp3) is 0.727. The summed E-state index contributed by atoms with van der Waals surface area (Å²) in [5.74, 6) is 0.755. The summed E-state index contributed by atoms with van der Waals surface area (Å²) >= 11 is 0. The topological polar surface area (TPSA) is 47.1 Å². The van der Waals surface area contributed by atoms with E-state index < -0.39 is 0 Å². The van der Waals surface area contributed by atoms with Crippen molar-refractivity contribution < 1.29 is 0 Å². The Kier molecular flexibility index (Phi) is 2.46. The van der Waals surface area contributed by atoms with Crippen LogP contribution < -0.4 is 5.73 Å². The second-order valence-electron chi connectivity index (χ2n) is 4.94. The number of aryl methyl sites for hydroxylation is 1. The zero-order valence-electron chi connectivity index (χ0n) is 9.82. The molecule has 0 radical (unpaired) electrons. The van der Waals surface area contributed by atoms with E-state index >= 15 is 0 Å². The van der Waals surface area contributed by atoms with Crippen LogP contribution in [0.3, 0.4) is 0 Å². The van der Waals surface area contributed by atoms with Crippen molar-refractivity contribution in [1.29, 1.82) is 0 Å². The minimum atomic E-state index is 0.210. The molecule has 2 heterocycles. The molecule has 4 heteroatoms. The van der Waals surface area contributed by atoms with E-state index in [1.165, 1.54) is 12.8 Å². The number of likely N-dealkylation sites (tertiary alicyclic amines) is 1. The smallest absolute Gasteiger partial charge is 0.121 e. The second-order valence-corrected chi connectivity index (χ2v) is 4.94. The third-order valence-electron chi connectivity index (χ3n) is 3.62. The van der Waals surface area contributed by atoms with Gasteiger partial charge in [0, 0.05) is 18.5 Å². The highest BCUT2D eigenvalue weighted by Crippen LogP contribution is 2.34. The number of nitrogen functional groups attached to an aromatic ring is 1. The molecule has 1 aromatic heterocycles. The van der Waals surface area contributed by atoms with Crippen molar-refractivity contribution >= 4 is 5.82 Å². The molecule has 0 bridgehead atoms. The maximum Gasteiger partial charge on any atom is 0.121 e. The average Bonchev–Trinajstić information content (AvgIpc) is 2.53. The standard InChI is InChI=1S/C11H20N4/c1-11(4-6-14(2)7-5-11)9-8-10(12)15(3)13-9/h8H,4-7,12H2,1-3H3. The molecular formula is C11H20N4. The molecule has 4 nitrogen and oxygen atoms in total. The van der Waals surface area contributed by atoms with E-state index in [1.807, 2.05) is 13.1 Å². The largest absolute Gasteiger partial charge is 0.384 e. The highest BCUT2D eigenvalue weighted by Gasteiger charge is 2.33. The van der Waals surface area contributed by atoms with Crippen LogP contribution in [0.4, 0.5) is 5.82 Å². The van der Waals surface area contributed by atoms with Gasteiger partial charge in [-0.1, -0.05) is 6.92 Å². The summed E-state index contributed by atoms with van der Waals surface area (Å²) in [5.41, 5.74) is 7.18. The normalized spacial score (nSPS) is 21.8. The van der Waals surface area contributed by atoms with Crippen LogP contribution in [0.25, 0.3) is 0 Å². The number of nitrogens with two attached hydrogens (primary N) is 1. The maximum absolute atomic E-state index is 5.82. The lowest BCUT2D eigenvalue weighted by atomic mass is 9.78. The third kappa shape index (κ3) is 1.86. The molecule has 1 saturated heterocycles. The fourth-order valence-electron chi connectivity index (χ4n) is 2.14. The zero-order chi connectivity index (χ0) is 11.1. The Hall–Kier alpha value is -1.03. The van der Waals surface area contributed by atoms with Crippen LogP contribution in [0.15, 0.2) is 6.07 Å². The molecule has 0 atom stereocenters. The highest BCUT2D eigenvalue weighted by molar-refractivity contribution is 5.34. The quantitative estimate of drug-likeness (QED) is 0.748. The van der Waals surface area contributed by atoms with Gasteiger partial charge in [-0.3, -0.25) is 4.68 Å². The van der Waals surface area contributed by atoms with Crippen molar-refractivity contribution in [2.75, 3.05) is 25.9 Å². The van der Waals surface area contributed by atoms with E-state index in [1.54, 1.807) is 4.68 Å². The lowest BCUT2D eigenvalue weighted by Crippen LogP contribution is -2.39. The molecule has 2 rings (SSSR count). The highest BCUT2D eigenvalue weighted by atomic mass is 15.3. The fourth-order valence-corrected chi connectivity index (χ4v) is 2.14. The monoisotopic (exact) mass is 208 g/mol. The minimum absolute atomic E-state index is 0.210. The number of piperidine rings is 1. The number of aromatic nitrogens is 2. The first-order valence-corrected chi connectivity index (χ1v) is 5.50. The molecule has 1 aliphatic rings. The van der Waals surface area contributed by atoms with Crippen molar-refractivity contribution in [3.8, 4) is 0 Å². The van der Waals surface area contributed by atoms with Gasteiger partial charge in [-0.05, 0) is 33.0 Å². The molecule has 1 aromatic rings. The van der Waals surface area contributed by atoms with E-state index in [0.717, 1.165) is 24.6 Å². The van der Waals surface area contributed by atoms with Crippen molar-refractivity contribution in [1.82, 2.24) is 14.7 Å². The van der Waals surface area contributed by atoms with Crippen LogP contribution in [0.1, 0.15) is 25.5 Å². The summed E-state index contributed by atoms with van der Waals surface area (Å²) in [5, 5.41) is 4.50. The summed E-state index contributed by atoms with van der Waals surface area (Å²) in [7, 11) is 4.07. The first-order valence-electron chi connectivity index (χ1n) is 5.50. The molecule has 1 aliphatic heterocycles. The van der Waals surface area contributed by atoms with Crippen molar-refractivity contribution in [3.05, 3.63) is 11.8 Å². The van der Waals surface area contributed by atoms with Gasteiger partial charge in [-0.2, -0.15) is 5.10 Å². The van der Waals surface area contributed by atoms with Crippen LogP contribution in [0.2, 0.25) is 0 Å². The molecule has 2 N–H and O–H groups in total. The van der Waals surface area contributed by atoms with Crippen LogP contribution >= 0.6 is 0 Å². The van der Waals surface area contributed by atoms with E-state index in [2.05, 4.69) is 24.0 Å². The SMILES string of the molecule is CN1CCC(C)(c2cc(N)n(C)n2)CC1. The van der Waals surface area contributed by atoms with Crippen molar-refractivity contribution in [2.45, 2.75) is 25.2 Å². The Labute approximate surface area is 91.1 Å². The second kappa shape index (κ2) is 3.52. The van der Waals surface area contributed by atoms with E-state index in [9.17, 15) is 0 Å². The Balaban J connectivity index is 2.22. The Morgan fingerprint density at radius 2 is 1.93 bits per heavy atom. The number of nitrogens with zero attached hydrogens (tertiary/aromatic N) is 3. The van der Waals surface area contributed by atoms with E-state index in [-0.39, 0.29) is 5.41 Å². The first kappa shape index (κ1) is 10.5. The molecule has 1 fully saturated rings. The van der Waals surface area contributed by atoms with Crippen LogP contribution in [0, 0.1) is 0 Å². The van der Waals surface area contributed by atoms with Crippen LogP contribution in [-0.2, 0) is 12.5 Å². The summed E-state index contributed by atoms with van der Waals surface area (Å²) in [6.45, 7) is 4.59. The Morgan fingerprint density at radius 3 is 2.40 bits per heavy atom. The van der Waals surface area contributed by atoms with Gasteiger partial charge in [0.15, 0.2) is 0 Å². The lowest BCUT2D eigenvalue weighted by Gasteiger charge is -2.36. The molecule has 84 valence electrons. The number of rotatable bonds is 1. The lowest BCUT2D eigenvalue weighted by molar-refractivity contribution is 0.196. The van der Waals surface area contributed by atoms with E-state index in [0.29, 0.717) is 0 Å². The number of anilines is 1. The first-order chi connectivity index (χ1) is 7.01.